The van der Waals surface area contributed by atoms with Crippen LogP contribution in [0.4, 0.5) is 0 Å². The minimum Gasteiger partial charge on any atom is -0.369 e. The van der Waals surface area contributed by atoms with Gasteiger partial charge in [0.05, 0.1) is 0 Å². The third-order valence-corrected chi connectivity index (χ3v) is 2.05. The van der Waals surface area contributed by atoms with Crippen molar-refractivity contribution in [3.05, 3.63) is 12.2 Å². The molecule has 0 spiro atoms. The molecule has 12 heavy (non-hydrogen) atoms. The average Bonchev–Trinajstić information content (AvgIpc) is 2.04. The maximum absolute atomic E-state index is 10.8. The summed E-state index contributed by atoms with van der Waals surface area (Å²) in [6.07, 6.45) is 8.06. The molecular weight excluding hydrogens is 150 g/mol. The summed E-state index contributed by atoms with van der Waals surface area (Å²) in [6.45, 7) is 4.01. The van der Waals surface area contributed by atoms with Gasteiger partial charge in [0.25, 0.3) is 0 Å². The average molecular weight is 169 g/mol. The van der Waals surface area contributed by atoms with Gasteiger partial charge in [0.1, 0.15) is 0 Å². The summed E-state index contributed by atoms with van der Waals surface area (Å²) in [7, 11) is 0. The summed E-state index contributed by atoms with van der Waals surface area (Å²) >= 11 is 0. The Morgan fingerprint density at radius 2 is 2.25 bits per heavy atom. The topological polar surface area (TPSA) is 43.1 Å². The van der Waals surface area contributed by atoms with Gasteiger partial charge in [0.2, 0.25) is 5.91 Å². The van der Waals surface area contributed by atoms with E-state index in [0.717, 1.165) is 25.7 Å². The largest absolute Gasteiger partial charge is 0.369 e. The Bertz CT molecular complexity index is 152. The van der Waals surface area contributed by atoms with Gasteiger partial charge >= 0.3 is 0 Å². The number of primary amides is 1. The molecule has 0 aliphatic carbocycles. The molecule has 0 rings (SSSR count). The van der Waals surface area contributed by atoms with Crippen molar-refractivity contribution in [2.75, 3.05) is 0 Å². The van der Waals surface area contributed by atoms with Crippen molar-refractivity contribution < 1.29 is 4.79 Å². The molecule has 0 aromatic carbocycles. The third-order valence-electron chi connectivity index (χ3n) is 2.05. The Balaban J connectivity index is 3.51. The number of carbonyl (C=O) groups is 1. The molecule has 0 radical (unpaired) electrons. The van der Waals surface area contributed by atoms with E-state index in [4.69, 9.17) is 5.73 Å². The van der Waals surface area contributed by atoms with Crippen LogP contribution in [0.1, 0.15) is 39.5 Å². The maximum Gasteiger partial charge on any atom is 0.220 e. The number of nitrogens with two attached hydrogens (primary N) is 1. The van der Waals surface area contributed by atoms with E-state index in [-0.39, 0.29) is 11.8 Å². The Morgan fingerprint density at radius 1 is 1.58 bits per heavy atom. The fourth-order valence-corrected chi connectivity index (χ4v) is 1.20. The van der Waals surface area contributed by atoms with Gasteiger partial charge in [-0.25, -0.2) is 0 Å². The number of amides is 1. The molecule has 0 aliphatic heterocycles. The zero-order valence-corrected chi connectivity index (χ0v) is 8.05. The van der Waals surface area contributed by atoms with Gasteiger partial charge in [-0.1, -0.05) is 19.1 Å². The van der Waals surface area contributed by atoms with Crippen LogP contribution in [0, 0.1) is 5.92 Å². The molecule has 2 nitrogen and oxygen atoms in total. The van der Waals surface area contributed by atoms with Crippen molar-refractivity contribution in [3.8, 4) is 0 Å². The molecule has 70 valence electrons. The van der Waals surface area contributed by atoms with Crippen molar-refractivity contribution in [2.24, 2.45) is 11.7 Å². The number of carbonyl (C=O) groups excluding carboxylic acids is 1. The van der Waals surface area contributed by atoms with E-state index < -0.39 is 0 Å². The van der Waals surface area contributed by atoms with Crippen molar-refractivity contribution >= 4 is 5.91 Å². The second kappa shape index (κ2) is 6.89. The van der Waals surface area contributed by atoms with E-state index in [1.165, 1.54) is 0 Å². The minimum absolute atomic E-state index is 0.0789. The Labute approximate surface area is 74.8 Å². The first-order valence-corrected chi connectivity index (χ1v) is 4.62. The van der Waals surface area contributed by atoms with Crippen LogP contribution in [0.5, 0.6) is 0 Å². The van der Waals surface area contributed by atoms with E-state index in [1.807, 2.05) is 19.9 Å². The van der Waals surface area contributed by atoms with Gasteiger partial charge in [-0.2, -0.15) is 0 Å². The number of unbranched alkanes of at least 4 members (excludes halogenated alkanes) is 1. The highest BCUT2D eigenvalue weighted by atomic mass is 16.1. The second-order valence-corrected chi connectivity index (χ2v) is 3.01. The highest BCUT2D eigenvalue weighted by Gasteiger charge is 2.10. The summed E-state index contributed by atoms with van der Waals surface area (Å²) in [4.78, 5) is 10.8. The van der Waals surface area contributed by atoms with Crippen molar-refractivity contribution in [2.45, 2.75) is 39.5 Å². The molecule has 0 fully saturated rings. The molecule has 0 aromatic rings. The maximum atomic E-state index is 10.8. The first kappa shape index (κ1) is 11.2. The predicted octanol–water partition coefficient (Wildman–Crippen LogP) is 2.24. The number of allylic oxidation sites excluding steroid dienone is 2. The first-order chi connectivity index (χ1) is 5.72. The van der Waals surface area contributed by atoms with Crippen LogP contribution in [-0.4, -0.2) is 5.91 Å². The lowest BCUT2D eigenvalue weighted by molar-refractivity contribution is -0.122. The van der Waals surface area contributed by atoms with Crippen LogP contribution in [0.15, 0.2) is 12.2 Å². The molecular formula is C10H19NO. The summed E-state index contributed by atoms with van der Waals surface area (Å²) < 4.78 is 0. The van der Waals surface area contributed by atoms with E-state index >= 15 is 0 Å². The SMILES string of the molecule is CC=CCCCC(CC)C(N)=O. The van der Waals surface area contributed by atoms with Crippen LogP contribution >= 0.6 is 0 Å². The number of hydrogen-bond donors (Lipinski definition) is 1. The van der Waals surface area contributed by atoms with E-state index in [9.17, 15) is 4.79 Å². The van der Waals surface area contributed by atoms with Gasteiger partial charge in [-0.15, -0.1) is 0 Å². The van der Waals surface area contributed by atoms with Gasteiger partial charge in [0, 0.05) is 5.92 Å². The molecule has 0 saturated carbocycles. The highest BCUT2D eigenvalue weighted by Crippen LogP contribution is 2.11. The smallest absolute Gasteiger partial charge is 0.220 e. The molecule has 0 bridgehead atoms. The lowest BCUT2D eigenvalue weighted by Gasteiger charge is -2.08. The zero-order chi connectivity index (χ0) is 9.40. The first-order valence-electron chi connectivity index (χ1n) is 4.62. The summed E-state index contributed by atoms with van der Waals surface area (Å²) in [6, 6.07) is 0. The molecule has 1 amide bonds. The van der Waals surface area contributed by atoms with Crippen LogP contribution < -0.4 is 5.73 Å². The number of rotatable bonds is 6. The molecule has 0 saturated heterocycles. The summed E-state index contributed by atoms with van der Waals surface area (Å²) in [5, 5.41) is 0. The molecule has 2 heteroatoms. The zero-order valence-electron chi connectivity index (χ0n) is 8.05. The Hall–Kier alpha value is -0.790. The van der Waals surface area contributed by atoms with Gasteiger partial charge < -0.3 is 5.73 Å². The predicted molar refractivity (Wildman–Crippen MR) is 51.6 cm³/mol. The highest BCUT2D eigenvalue weighted by molar-refractivity contribution is 5.76. The van der Waals surface area contributed by atoms with Crippen LogP contribution in [-0.2, 0) is 4.79 Å². The van der Waals surface area contributed by atoms with Crippen molar-refractivity contribution in [1.29, 1.82) is 0 Å². The van der Waals surface area contributed by atoms with Gasteiger partial charge in [-0.05, 0) is 32.6 Å². The Kier molecular flexibility index (Phi) is 6.44. The van der Waals surface area contributed by atoms with Crippen LogP contribution in [0.25, 0.3) is 0 Å². The van der Waals surface area contributed by atoms with Crippen molar-refractivity contribution in [1.82, 2.24) is 0 Å². The normalized spacial score (nSPS) is 13.5. The lowest BCUT2D eigenvalue weighted by atomic mass is 9.99. The standard InChI is InChI=1S/C10H19NO/c1-3-5-6-7-8-9(4-2)10(11)12/h3,5,9H,4,6-8H2,1-2H3,(H2,11,12). The molecule has 0 heterocycles. The van der Waals surface area contributed by atoms with Crippen LogP contribution in [0.2, 0.25) is 0 Å². The minimum atomic E-state index is -0.155. The van der Waals surface area contributed by atoms with E-state index in [0.29, 0.717) is 0 Å². The summed E-state index contributed by atoms with van der Waals surface area (Å²) in [5.74, 6) is -0.0757. The molecule has 0 aromatic heterocycles. The van der Waals surface area contributed by atoms with Crippen molar-refractivity contribution in [3.63, 3.8) is 0 Å². The lowest BCUT2D eigenvalue weighted by Crippen LogP contribution is -2.22. The number of hydrogen-bond acceptors (Lipinski definition) is 1. The molecule has 1 atom stereocenters. The van der Waals surface area contributed by atoms with Gasteiger partial charge in [0.15, 0.2) is 0 Å². The monoisotopic (exact) mass is 169 g/mol. The quantitative estimate of drug-likeness (QED) is 0.481. The molecule has 0 aliphatic rings. The summed E-state index contributed by atoms with van der Waals surface area (Å²) in [5.41, 5.74) is 5.20. The molecule has 1 unspecified atom stereocenters. The molecule has 2 N–H and O–H groups in total. The van der Waals surface area contributed by atoms with E-state index in [2.05, 4.69) is 6.08 Å². The van der Waals surface area contributed by atoms with E-state index in [1.54, 1.807) is 0 Å². The van der Waals surface area contributed by atoms with Gasteiger partial charge in [-0.3, -0.25) is 4.79 Å². The van der Waals surface area contributed by atoms with Crippen LogP contribution in [0.3, 0.4) is 0 Å². The second-order valence-electron chi connectivity index (χ2n) is 3.01. The fourth-order valence-electron chi connectivity index (χ4n) is 1.20. The third kappa shape index (κ3) is 4.94. The fraction of sp³-hybridized carbons (Fsp3) is 0.700. The Morgan fingerprint density at radius 3 is 2.67 bits per heavy atom.